The molecular formula is C24H30O7S. The van der Waals surface area contributed by atoms with Crippen molar-refractivity contribution in [3.05, 3.63) is 48.0 Å². The first kappa shape index (κ1) is 23.9. The third-order valence-electron chi connectivity index (χ3n) is 5.37. The fourth-order valence-corrected chi connectivity index (χ4v) is 4.57. The Morgan fingerprint density at radius 2 is 1.41 bits per heavy atom. The summed E-state index contributed by atoms with van der Waals surface area (Å²) in [5.41, 5.74) is 1.84. The summed E-state index contributed by atoms with van der Waals surface area (Å²) < 4.78 is 46.5. The molecule has 0 bridgehead atoms. The molecule has 2 aromatic carbocycles. The van der Waals surface area contributed by atoms with E-state index in [0.717, 1.165) is 24.0 Å². The Bertz CT molecular complexity index is 964. The van der Waals surface area contributed by atoms with Gasteiger partial charge in [0.15, 0.2) is 23.0 Å². The van der Waals surface area contributed by atoms with Crippen LogP contribution in [-0.2, 0) is 15.5 Å². The molecule has 174 valence electrons. The molecule has 1 aliphatic rings. The molecule has 1 heterocycles. The van der Waals surface area contributed by atoms with Gasteiger partial charge in [0.2, 0.25) is 5.75 Å². The van der Waals surface area contributed by atoms with E-state index in [9.17, 15) is 4.21 Å². The van der Waals surface area contributed by atoms with Crippen molar-refractivity contribution in [2.24, 2.45) is 0 Å². The fourth-order valence-electron chi connectivity index (χ4n) is 3.85. The second-order valence-electron chi connectivity index (χ2n) is 7.25. The molecule has 1 saturated heterocycles. The highest BCUT2D eigenvalue weighted by Gasteiger charge is 2.31. The molecule has 1 fully saturated rings. The van der Waals surface area contributed by atoms with Gasteiger partial charge in [0, 0.05) is 6.26 Å². The Labute approximate surface area is 191 Å². The smallest absolute Gasteiger partial charge is 0.203 e. The summed E-state index contributed by atoms with van der Waals surface area (Å²) in [5.74, 6) is 2.71. The second kappa shape index (κ2) is 10.7. The van der Waals surface area contributed by atoms with Crippen molar-refractivity contribution in [2.75, 3.05) is 41.3 Å². The molecule has 2 aromatic rings. The highest BCUT2D eigenvalue weighted by molar-refractivity contribution is 7.84. The van der Waals surface area contributed by atoms with Crippen molar-refractivity contribution < 1.29 is 32.6 Å². The minimum atomic E-state index is -1.27. The van der Waals surface area contributed by atoms with Gasteiger partial charge in [-0.15, -0.1) is 0 Å². The van der Waals surface area contributed by atoms with Crippen molar-refractivity contribution in [2.45, 2.75) is 29.9 Å². The predicted molar refractivity (Wildman–Crippen MR) is 123 cm³/mol. The molecule has 0 aliphatic carbocycles. The number of rotatable bonds is 10. The molecule has 0 radical (unpaired) electrons. The van der Waals surface area contributed by atoms with Gasteiger partial charge in [-0.2, -0.15) is 0 Å². The highest BCUT2D eigenvalue weighted by Crippen LogP contribution is 2.47. The lowest BCUT2D eigenvalue weighted by Gasteiger charge is -2.20. The zero-order valence-electron chi connectivity index (χ0n) is 19.1. The van der Waals surface area contributed by atoms with Crippen LogP contribution in [0.4, 0.5) is 0 Å². The number of benzene rings is 2. The van der Waals surface area contributed by atoms with Crippen LogP contribution in [-0.4, -0.2) is 45.5 Å². The molecule has 0 aromatic heterocycles. The Morgan fingerprint density at radius 3 is 1.84 bits per heavy atom. The van der Waals surface area contributed by atoms with Crippen molar-refractivity contribution in [1.82, 2.24) is 0 Å². The summed E-state index contributed by atoms with van der Waals surface area (Å²) in [6.07, 6.45) is 4.54. The van der Waals surface area contributed by atoms with Gasteiger partial charge < -0.3 is 28.4 Å². The molecule has 0 saturated carbocycles. The first-order valence-electron chi connectivity index (χ1n) is 10.2. The molecule has 3 rings (SSSR count). The number of hydrogen-bond acceptors (Lipinski definition) is 7. The molecule has 8 heteroatoms. The molecule has 1 unspecified atom stereocenters. The van der Waals surface area contributed by atoms with Crippen LogP contribution >= 0.6 is 0 Å². The van der Waals surface area contributed by atoms with Crippen molar-refractivity contribution >= 4 is 10.8 Å². The maximum absolute atomic E-state index is 12.4. The zero-order chi connectivity index (χ0) is 23.3. The predicted octanol–water partition coefficient (Wildman–Crippen LogP) is 4.62. The summed E-state index contributed by atoms with van der Waals surface area (Å²) in [5, 5.41) is 0. The zero-order valence-corrected chi connectivity index (χ0v) is 20.0. The molecule has 7 nitrogen and oxygen atoms in total. The molecule has 3 atom stereocenters. The largest absolute Gasteiger partial charge is 0.493 e. The van der Waals surface area contributed by atoms with Crippen molar-refractivity contribution in [3.8, 4) is 28.7 Å². The second-order valence-corrected chi connectivity index (χ2v) is 8.60. The van der Waals surface area contributed by atoms with Crippen LogP contribution in [0.5, 0.6) is 28.7 Å². The highest BCUT2D eigenvalue weighted by atomic mass is 32.2. The molecule has 0 N–H and O–H groups in total. The third kappa shape index (κ3) is 4.86. The lowest BCUT2D eigenvalue weighted by molar-refractivity contribution is 0.0435. The van der Waals surface area contributed by atoms with Gasteiger partial charge in [-0.3, -0.25) is 4.21 Å². The van der Waals surface area contributed by atoms with Gasteiger partial charge in [-0.1, -0.05) is 12.7 Å². The van der Waals surface area contributed by atoms with Crippen LogP contribution in [0, 0.1) is 0 Å². The topological polar surface area (TPSA) is 72.5 Å². The van der Waals surface area contributed by atoms with E-state index in [-0.39, 0.29) is 12.2 Å². The minimum Gasteiger partial charge on any atom is -0.493 e. The summed E-state index contributed by atoms with van der Waals surface area (Å²) in [6.45, 7) is 3.97. The monoisotopic (exact) mass is 462 g/mol. The lowest BCUT2D eigenvalue weighted by atomic mass is 10.0. The standard InChI is InChI=1S/C24H30O7S/c1-7-10-30-24-21(28-4)13-16(14-22(24)32(6)25)18-9-8-17(31-18)15-11-19(26-2)23(29-5)20(12-15)27-3/h7,11-14,17-18H,1,8-10H2,2-6H3/t17-,18-,32?/m1/s1. The van der Waals surface area contributed by atoms with E-state index in [2.05, 4.69) is 6.58 Å². The van der Waals surface area contributed by atoms with Crippen LogP contribution in [0.2, 0.25) is 0 Å². The number of ether oxygens (including phenoxy) is 6. The van der Waals surface area contributed by atoms with E-state index in [1.165, 1.54) is 0 Å². The Morgan fingerprint density at radius 1 is 0.906 bits per heavy atom. The molecule has 0 spiro atoms. The van der Waals surface area contributed by atoms with Gasteiger partial charge in [0.1, 0.15) is 6.61 Å². The Balaban J connectivity index is 1.92. The normalized spacial score (nSPS) is 18.7. The molecule has 1 aliphatic heterocycles. The van der Waals surface area contributed by atoms with Gasteiger partial charge in [-0.25, -0.2) is 0 Å². The van der Waals surface area contributed by atoms with E-state index in [1.54, 1.807) is 40.8 Å². The van der Waals surface area contributed by atoms with Crippen LogP contribution < -0.4 is 23.7 Å². The SMILES string of the molecule is C=CCOc1c(OC)cc([C@H]2CC[C@H](c3cc(OC)c(OC)c(OC)c3)O2)cc1S(C)=O. The quantitative estimate of drug-likeness (QED) is 0.477. The first-order chi connectivity index (χ1) is 15.5. The van der Waals surface area contributed by atoms with E-state index in [1.807, 2.05) is 24.3 Å². The summed E-state index contributed by atoms with van der Waals surface area (Å²) >= 11 is 0. The Kier molecular flexibility index (Phi) is 8.04. The average Bonchev–Trinajstić information content (AvgIpc) is 3.31. The maximum atomic E-state index is 12.4. The summed E-state index contributed by atoms with van der Waals surface area (Å²) in [7, 11) is 5.06. The van der Waals surface area contributed by atoms with E-state index in [4.69, 9.17) is 28.4 Å². The Hall–Kier alpha value is -2.71. The maximum Gasteiger partial charge on any atom is 0.203 e. The summed E-state index contributed by atoms with van der Waals surface area (Å²) in [4.78, 5) is 0.570. The van der Waals surface area contributed by atoms with E-state index >= 15 is 0 Å². The van der Waals surface area contributed by atoms with Crippen LogP contribution in [0.3, 0.4) is 0 Å². The summed E-state index contributed by atoms with van der Waals surface area (Å²) in [6, 6.07) is 7.58. The van der Waals surface area contributed by atoms with E-state index < -0.39 is 10.8 Å². The van der Waals surface area contributed by atoms with Gasteiger partial charge in [0.05, 0.1) is 56.3 Å². The molecule has 0 amide bonds. The molecule has 32 heavy (non-hydrogen) atoms. The lowest BCUT2D eigenvalue weighted by Crippen LogP contribution is -2.06. The minimum absolute atomic E-state index is 0.146. The fraction of sp³-hybridized carbons (Fsp3) is 0.417. The number of hydrogen-bond donors (Lipinski definition) is 0. The van der Waals surface area contributed by atoms with Gasteiger partial charge in [0.25, 0.3) is 0 Å². The van der Waals surface area contributed by atoms with E-state index in [0.29, 0.717) is 40.2 Å². The van der Waals surface area contributed by atoms with Crippen molar-refractivity contribution in [1.29, 1.82) is 0 Å². The van der Waals surface area contributed by atoms with Gasteiger partial charge in [-0.05, 0) is 48.2 Å². The molecular weight excluding hydrogens is 432 g/mol. The average molecular weight is 463 g/mol. The van der Waals surface area contributed by atoms with Crippen LogP contribution in [0.25, 0.3) is 0 Å². The van der Waals surface area contributed by atoms with Crippen LogP contribution in [0.1, 0.15) is 36.2 Å². The van der Waals surface area contributed by atoms with Gasteiger partial charge >= 0.3 is 0 Å². The number of methoxy groups -OCH3 is 4. The van der Waals surface area contributed by atoms with Crippen molar-refractivity contribution in [3.63, 3.8) is 0 Å². The van der Waals surface area contributed by atoms with Crippen LogP contribution in [0.15, 0.2) is 41.8 Å². The first-order valence-corrected chi connectivity index (χ1v) is 11.8. The third-order valence-corrected chi connectivity index (χ3v) is 6.29.